The molecule has 0 amide bonds. The molecule has 26 heavy (non-hydrogen) atoms. The van der Waals surface area contributed by atoms with E-state index in [1.54, 1.807) is 19.6 Å². The lowest BCUT2D eigenvalue weighted by atomic mass is 10.1. The van der Waals surface area contributed by atoms with Crippen molar-refractivity contribution < 1.29 is 13.6 Å². The van der Waals surface area contributed by atoms with Crippen molar-refractivity contribution in [2.24, 2.45) is 0 Å². The SMILES string of the molecule is COc1ccc(-c2cnc(CN3CCCCCC3c3ccco3)o2)cc1. The molecule has 1 saturated heterocycles. The molecule has 3 aromatic rings. The van der Waals surface area contributed by atoms with Crippen LogP contribution in [0.25, 0.3) is 11.3 Å². The van der Waals surface area contributed by atoms with Gasteiger partial charge in [-0.15, -0.1) is 0 Å². The monoisotopic (exact) mass is 352 g/mol. The third-order valence-electron chi connectivity index (χ3n) is 5.00. The van der Waals surface area contributed by atoms with E-state index in [0.29, 0.717) is 12.6 Å². The van der Waals surface area contributed by atoms with Crippen LogP contribution in [-0.4, -0.2) is 23.5 Å². The molecule has 0 bridgehead atoms. The summed E-state index contributed by atoms with van der Waals surface area (Å²) in [7, 11) is 1.66. The number of hydrogen-bond acceptors (Lipinski definition) is 5. The van der Waals surface area contributed by atoms with E-state index in [2.05, 4.69) is 16.0 Å². The minimum Gasteiger partial charge on any atom is -0.497 e. The van der Waals surface area contributed by atoms with Gasteiger partial charge >= 0.3 is 0 Å². The summed E-state index contributed by atoms with van der Waals surface area (Å²) in [6.45, 7) is 1.73. The first-order chi connectivity index (χ1) is 12.8. The summed E-state index contributed by atoms with van der Waals surface area (Å²) in [4.78, 5) is 6.93. The first-order valence-corrected chi connectivity index (χ1v) is 9.20. The van der Waals surface area contributed by atoms with E-state index in [0.717, 1.165) is 41.7 Å². The van der Waals surface area contributed by atoms with E-state index in [9.17, 15) is 0 Å². The molecule has 0 aliphatic carbocycles. The molecule has 3 heterocycles. The fourth-order valence-electron chi connectivity index (χ4n) is 3.61. The molecular weight excluding hydrogens is 328 g/mol. The summed E-state index contributed by atoms with van der Waals surface area (Å²) in [5.41, 5.74) is 1.00. The van der Waals surface area contributed by atoms with Crippen LogP contribution in [0.2, 0.25) is 0 Å². The molecule has 0 saturated carbocycles. The lowest BCUT2D eigenvalue weighted by Gasteiger charge is -2.27. The summed E-state index contributed by atoms with van der Waals surface area (Å²) in [5.74, 6) is 3.40. The Morgan fingerprint density at radius 1 is 1.15 bits per heavy atom. The van der Waals surface area contributed by atoms with Gasteiger partial charge in [0, 0.05) is 5.56 Å². The molecule has 5 heteroatoms. The molecular formula is C21H24N2O3. The Labute approximate surface area is 153 Å². The number of likely N-dealkylation sites (tertiary alicyclic amines) is 1. The average Bonchev–Trinajstić information content (AvgIpc) is 3.32. The van der Waals surface area contributed by atoms with Gasteiger partial charge in [-0.05, 0) is 55.8 Å². The van der Waals surface area contributed by atoms with Crippen molar-refractivity contribution >= 4 is 0 Å². The Balaban J connectivity index is 1.51. The van der Waals surface area contributed by atoms with E-state index in [4.69, 9.17) is 13.6 Å². The topological polar surface area (TPSA) is 51.6 Å². The van der Waals surface area contributed by atoms with Gasteiger partial charge in [0.1, 0.15) is 11.5 Å². The molecule has 1 atom stereocenters. The average molecular weight is 352 g/mol. The van der Waals surface area contributed by atoms with Crippen LogP contribution in [-0.2, 0) is 6.54 Å². The second kappa shape index (κ2) is 7.79. The lowest BCUT2D eigenvalue weighted by molar-refractivity contribution is 0.155. The van der Waals surface area contributed by atoms with Crippen LogP contribution in [0, 0.1) is 0 Å². The first-order valence-electron chi connectivity index (χ1n) is 9.20. The summed E-state index contributed by atoms with van der Waals surface area (Å²) in [6, 6.07) is 12.2. The predicted molar refractivity (Wildman–Crippen MR) is 98.8 cm³/mol. The highest BCUT2D eigenvalue weighted by atomic mass is 16.5. The summed E-state index contributed by atoms with van der Waals surface area (Å²) in [5, 5.41) is 0. The lowest BCUT2D eigenvalue weighted by Crippen LogP contribution is -2.28. The van der Waals surface area contributed by atoms with Crippen molar-refractivity contribution in [1.29, 1.82) is 0 Å². The van der Waals surface area contributed by atoms with Crippen molar-refractivity contribution in [2.45, 2.75) is 38.3 Å². The number of oxazole rings is 1. The number of methoxy groups -OCH3 is 1. The van der Waals surface area contributed by atoms with Crippen molar-refractivity contribution in [2.75, 3.05) is 13.7 Å². The van der Waals surface area contributed by atoms with Crippen molar-refractivity contribution in [3.63, 3.8) is 0 Å². The second-order valence-corrected chi connectivity index (χ2v) is 6.70. The number of benzene rings is 1. The molecule has 2 aromatic heterocycles. The number of aromatic nitrogens is 1. The minimum atomic E-state index is 0.295. The van der Waals surface area contributed by atoms with Crippen molar-refractivity contribution in [1.82, 2.24) is 9.88 Å². The standard InChI is InChI=1S/C21H24N2O3/c1-24-17-10-8-16(9-11-17)20-14-22-21(26-20)15-23-12-4-2-3-6-18(23)19-7-5-13-25-19/h5,7-11,13-14,18H,2-4,6,12,15H2,1H3. The van der Waals surface area contributed by atoms with Gasteiger partial charge in [-0.2, -0.15) is 0 Å². The first kappa shape index (κ1) is 16.9. The maximum atomic E-state index is 6.03. The van der Waals surface area contributed by atoms with E-state index >= 15 is 0 Å². The molecule has 136 valence electrons. The van der Waals surface area contributed by atoms with Crippen molar-refractivity contribution in [3.05, 3.63) is 60.5 Å². The summed E-state index contributed by atoms with van der Waals surface area (Å²) >= 11 is 0. The highest BCUT2D eigenvalue weighted by molar-refractivity contribution is 5.57. The molecule has 0 radical (unpaired) electrons. The van der Waals surface area contributed by atoms with Crippen molar-refractivity contribution in [3.8, 4) is 17.1 Å². The molecule has 5 nitrogen and oxygen atoms in total. The molecule has 0 spiro atoms. The number of nitrogens with zero attached hydrogens (tertiary/aromatic N) is 2. The number of furan rings is 1. The molecule has 1 aliphatic rings. The third kappa shape index (κ3) is 3.68. The highest BCUT2D eigenvalue weighted by Crippen LogP contribution is 2.32. The third-order valence-corrected chi connectivity index (χ3v) is 5.00. The Kier molecular flexibility index (Phi) is 5.07. The maximum Gasteiger partial charge on any atom is 0.209 e. The van der Waals surface area contributed by atoms with E-state index in [1.165, 1.54) is 19.3 Å². The Morgan fingerprint density at radius 3 is 2.81 bits per heavy atom. The Hall–Kier alpha value is -2.53. The maximum absolute atomic E-state index is 6.03. The van der Waals surface area contributed by atoms with Gasteiger partial charge in [-0.1, -0.05) is 12.8 Å². The fraction of sp³-hybridized carbons (Fsp3) is 0.381. The van der Waals surface area contributed by atoms with Crippen LogP contribution in [0.15, 0.2) is 57.7 Å². The van der Waals surface area contributed by atoms with Gasteiger partial charge in [0.15, 0.2) is 5.76 Å². The molecule has 1 fully saturated rings. The van der Waals surface area contributed by atoms with E-state index in [1.807, 2.05) is 30.3 Å². The van der Waals surface area contributed by atoms with Crippen LogP contribution >= 0.6 is 0 Å². The van der Waals surface area contributed by atoms with Gasteiger partial charge in [0.25, 0.3) is 0 Å². The largest absolute Gasteiger partial charge is 0.497 e. The fourth-order valence-corrected chi connectivity index (χ4v) is 3.61. The Morgan fingerprint density at radius 2 is 2.04 bits per heavy atom. The van der Waals surface area contributed by atoms with Gasteiger partial charge in [-0.25, -0.2) is 4.98 Å². The summed E-state index contributed by atoms with van der Waals surface area (Å²) < 4.78 is 16.9. The van der Waals surface area contributed by atoms with Crippen LogP contribution in [0.1, 0.15) is 43.4 Å². The normalized spacial score (nSPS) is 18.6. The molecule has 0 N–H and O–H groups in total. The van der Waals surface area contributed by atoms with Gasteiger partial charge in [0.2, 0.25) is 5.89 Å². The predicted octanol–water partition coefficient (Wildman–Crippen LogP) is 5.06. The smallest absolute Gasteiger partial charge is 0.209 e. The van der Waals surface area contributed by atoms with Crippen LogP contribution in [0.4, 0.5) is 0 Å². The highest BCUT2D eigenvalue weighted by Gasteiger charge is 2.26. The van der Waals surface area contributed by atoms with Gasteiger partial charge in [-0.3, -0.25) is 4.90 Å². The molecule has 4 rings (SSSR count). The molecule has 1 aliphatic heterocycles. The summed E-state index contributed by atoms with van der Waals surface area (Å²) in [6.07, 6.45) is 8.35. The van der Waals surface area contributed by atoms with Gasteiger partial charge < -0.3 is 13.6 Å². The Bertz CT molecular complexity index is 808. The zero-order valence-corrected chi connectivity index (χ0v) is 15.1. The van der Waals surface area contributed by atoms with Crippen LogP contribution in [0.3, 0.4) is 0 Å². The number of rotatable bonds is 5. The zero-order chi connectivity index (χ0) is 17.8. The van der Waals surface area contributed by atoms with Gasteiger partial charge in [0.05, 0.1) is 32.2 Å². The quantitative estimate of drug-likeness (QED) is 0.642. The zero-order valence-electron chi connectivity index (χ0n) is 15.1. The van der Waals surface area contributed by atoms with E-state index in [-0.39, 0.29) is 0 Å². The van der Waals surface area contributed by atoms with E-state index < -0.39 is 0 Å². The second-order valence-electron chi connectivity index (χ2n) is 6.70. The molecule has 1 unspecified atom stereocenters. The minimum absolute atomic E-state index is 0.295. The van der Waals surface area contributed by atoms with Crippen LogP contribution < -0.4 is 4.74 Å². The molecule has 1 aromatic carbocycles. The number of ether oxygens (including phenoxy) is 1. The van der Waals surface area contributed by atoms with Crippen LogP contribution in [0.5, 0.6) is 5.75 Å². The number of hydrogen-bond donors (Lipinski definition) is 0.